The lowest BCUT2D eigenvalue weighted by atomic mass is 10.2. The maximum Gasteiger partial charge on any atom is 0.138 e. The summed E-state index contributed by atoms with van der Waals surface area (Å²) in [7, 11) is 0. The summed E-state index contributed by atoms with van der Waals surface area (Å²) in [4.78, 5) is 3.93. The van der Waals surface area contributed by atoms with Gasteiger partial charge in [0.25, 0.3) is 0 Å². The van der Waals surface area contributed by atoms with Crippen LogP contribution < -0.4 is 5.73 Å². The largest absolute Gasteiger partial charge is 0.399 e. The van der Waals surface area contributed by atoms with Crippen LogP contribution in [-0.4, -0.2) is 19.3 Å². The molecule has 0 saturated heterocycles. The fraction of sp³-hybridized carbons (Fsp3) is 0.0769. The second-order valence-electron chi connectivity index (χ2n) is 4.16. The van der Waals surface area contributed by atoms with Crippen LogP contribution in [0.15, 0.2) is 49.3 Å². The molecular weight excluding hydrogens is 226 g/mol. The molecule has 2 aromatic heterocycles. The van der Waals surface area contributed by atoms with Crippen LogP contribution in [0.25, 0.3) is 11.4 Å². The Bertz CT molecular complexity index is 667. The number of nitrogen functional groups attached to an aromatic ring is 1. The van der Waals surface area contributed by atoms with Gasteiger partial charge >= 0.3 is 0 Å². The molecule has 0 aliphatic heterocycles. The molecule has 0 fully saturated rings. The van der Waals surface area contributed by atoms with Gasteiger partial charge in [-0.05, 0) is 36.8 Å². The molecule has 0 atom stereocenters. The molecule has 0 radical (unpaired) electrons. The van der Waals surface area contributed by atoms with Crippen molar-refractivity contribution >= 4 is 5.69 Å². The minimum atomic E-state index is 0.808. The number of aryl methyl sites for hydroxylation is 1. The van der Waals surface area contributed by atoms with Crippen molar-refractivity contribution in [3.05, 3.63) is 54.9 Å². The van der Waals surface area contributed by atoms with Crippen LogP contribution in [-0.2, 0) is 0 Å². The lowest BCUT2D eigenvalue weighted by Crippen LogP contribution is -1.95. The third kappa shape index (κ3) is 1.75. The lowest BCUT2D eigenvalue weighted by Gasteiger charge is -2.06. The molecule has 0 aliphatic carbocycles. The van der Waals surface area contributed by atoms with Gasteiger partial charge in [-0.1, -0.05) is 0 Å². The zero-order chi connectivity index (χ0) is 12.5. The van der Waals surface area contributed by atoms with Crippen molar-refractivity contribution < 1.29 is 0 Å². The van der Waals surface area contributed by atoms with Crippen molar-refractivity contribution in [1.82, 2.24) is 19.3 Å². The molecule has 3 aromatic rings. The molecule has 2 N–H and O–H groups in total. The third-order valence-electron chi connectivity index (χ3n) is 2.91. The summed E-state index contributed by atoms with van der Waals surface area (Å²) >= 11 is 0. The molecule has 0 amide bonds. The molecule has 0 unspecified atom stereocenters. The number of hydrogen-bond donors (Lipinski definition) is 1. The number of aromatic nitrogens is 4. The predicted molar refractivity (Wildman–Crippen MR) is 69.8 cm³/mol. The Labute approximate surface area is 104 Å². The van der Waals surface area contributed by atoms with Crippen LogP contribution in [0.5, 0.6) is 0 Å². The molecule has 90 valence electrons. The van der Waals surface area contributed by atoms with E-state index in [4.69, 9.17) is 5.73 Å². The van der Waals surface area contributed by atoms with Gasteiger partial charge in [-0.25, -0.2) is 9.67 Å². The molecule has 0 spiro atoms. The van der Waals surface area contributed by atoms with E-state index in [1.807, 2.05) is 42.1 Å². The van der Waals surface area contributed by atoms with Gasteiger partial charge in [0.15, 0.2) is 0 Å². The van der Waals surface area contributed by atoms with Gasteiger partial charge in [-0.2, -0.15) is 5.10 Å². The Kier molecular flexibility index (Phi) is 2.37. The summed E-state index contributed by atoms with van der Waals surface area (Å²) in [6.45, 7) is 2.00. The first-order valence-electron chi connectivity index (χ1n) is 5.63. The van der Waals surface area contributed by atoms with E-state index in [1.54, 1.807) is 11.0 Å². The first kappa shape index (κ1) is 10.6. The number of benzene rings is 1. The van der Waals surface area contributed by atoms with E-state index in [0.29, 0.717) is 0 Å². The first-order chi connectivity index (χ1) is 8.74. The minimum absolute atomic E-state index is 0.808. The van der Waals surface area contributed by atoms with Crippen molar-refractivity contribution in [3.8, 4) is 11.4 Å². The summed E-state index contributed by atoms with van der Waals surface area (Å²) in [6, 6.07) is 7.95. The number of nitrogens with two attached hydrogens (primary N) is 1. The highest BCUT2D eigenvalue weighted by atomic mass is 15.3. The average Bonchev–Trinajstić information content (AvgIpc) is 3.01. The normalized spacial score (nSPS) is 10.7. The molecule has 2 heterocycles. The SMILES string of the molecule is Cc1cc(-n2ccc(-n3cncn3)c2)ccc1N. The molecule has 18 heavy (non-hydrogen) atoms. The summed E-state index contributed by atoms with van der Waals surface area (Å²) < 4.78 is 3.75. The first-order valence-corrected chi connectivity index (χ1v) is 5.63. The van der Waals surface area contributed by atoms with Crippen LogP contribution in [0, 0.1) is 6.92 Å². The van der Waals surface area contributed by atoms with Crippen LogP contribution >= 0.6 is 0 Å². The van der Waals surface area contributed by atoms with E-state index in [9.17, 15) is 0 Å². The second kappa shape index (κ2) is 4.03. The molecule has 1 aromatic carbocycles. The van der Waals surface area contributed by atoms with E-state index >= 15 is 0 Å². The van der Waals surface area contributed by atoms with Crippen molar-refractivity contribution in [2.45, 2.75) is 6.92 Å². The fourth-order valence-corrected chi connectivity index (χ4v) is 1.84. The van der Waals surface area contributed by atoms with Crippen molar-refractivity contribution in [2.75, 3.05) is 5.73 Å². The topological polar surface area (TPSA) is 61.7 Å². The van der Waals surface area contributed by atoms with Gasteiger partial charge in [-0.15, -0.1) is 0 Å². The molecule has 0 saturated carbocycles. The number of hydrogen-bond acceptors (Lipinski definition) is 3. The smallest absolute Gasteiger partial charge is 0.138 e. The lowest BCUT2D eigenvalue weighted by molar-refractivity contribution is 0.876. The van der Waals surface area contributed by atoms with Crippen LogP contribution in [0.1, 0.15) is 5.56 Å². The Morgan fingerprint density at radius 2 is 2.06 bits per heavy atom. The van der Waals surface area contributed by atoms with Gasteiger partial charge in [0.2, 0.25) is 0 Å². The summed E-state index contributed by atoms with van der Waals surface area (Å²) in [5.41, 5.74) is 9.75. The molecule has 5 heteroatoms. The van der Waals surface area contributed by atoms with E-state index < -0.39 is 0 Å². The molecule has 0 aliphatic rings. The van der Waals surface area contributed by atoms with Gasteiger partial charge in [0, 0.05) is 23.8 Å². The molecule has 3 rings (SSSR count). The standard InChI is InChI=1S/C13H13N5/c1-10-6-11(2-3-13(10)14)17-5-4-12(7-17)18-9-15-8-16-18/h2-9H,14H2,1H3. The second-order valence-corrected chi connectivity index (χ2v) is 4.16. The highest BCUT2D eigenvalue weighted by Crippen LogP contribution is 2.18. The van der Waals surface area contributed by atoms with Gasteiger partial charge in [0.05, 0.1) is 5.69 Å². The molecular formula is C13H13N5. The van der Waals surface area contributed by atoms with E-state index in [-0.39, 0.29) is 0 Å². The zero-order valence-electron chi connectivity index (χ0n) is 9.99. The third-order valence-corrected chi connectivity index (χ3v) is 2.91. The summed E-state index contributed by atoms with van der Waals surface area (Å²) in [5, 5.41) is 4.10. The monoisotopic (exact) mass is 239 g/mol. The van der Waals surface area contributed by atoms with Crippen molar-refractivity contribution in [2.24, 2.45) is 0 Å². The summed E-state index contributed by atoms with van der Waals surface area (Å²) in [6.07, 6.45) is 7.18. The number of rotatable bonds is 2. The van der Waals surface area contributed by atoms with Gasteiger partial charge in [-0.3, -0.25) is 0 Å². The van der Waals surface area contributed by atoms with Crippen LogP contribution in [0.2, 0.25) is 0 Å². The average molecular weight is 239 g/mol. The zero-order valence-corrected chi connectivity index (χ0v) is 9.99. The van der Waals surface area contributed by atoms with Crippen molar-refractivity contribution in [3.63, 3.8) is 0 Å². The van der Waals surface area contributed by atoms with Crippen LogP contribution in [0.4, 0.5) is 5.69 Å². The van der Waals surface area contributed by atoms with E-state index in [2.05, 4.69) is 16.1 Å². The van der Waals surface area contributed by atoms with E-state index in [0.717, 1.165) is 22.6 Å². The molecule has 0 bridgehead atoms. The Balaban J connectivity index is 2.00. The van der Waals surface area contributed by atoms with E-state index in [1.165, 1.54) is 6.33 Å². The highest BCUT2D eigenvalue weighted by molar-refractivity contribution is 5.52. The Hall–Kier alpha value is -2.56. The maximum atomic E-state index is 5.82. The quantitative estimate of drug-likeness (QED) is 0.695. The maximum absolute atomic E-state index is 5.82. The van der Waals surface area contributed by atoms with Crippen LogP contribution in [0.3, 0.4) is 0 Å². The van der Waals surface area contributed by atoms with Crippen molar-refractivity contribution in [1.29, 1.82) is 0 Å². The fourth-order valence-electron chi connectivity index (χ4n) is 1.84. The number of nitrogens with zero attached hydrogens (tertiary/aromatic N) is 4. The van der Waals surface area contributed by atoms with Gasteiger partial charge in [0.1, 0.15) is 12.7 Å². The highest BCUT2D eigenvalue weighted by Gasteiger charge is 2.03. The predicted octanol–water partition coefficient (Wildman–Crippen LogP) is 1.95. The molecule has 5 nitrogen and oxygen atoms in total. The number of anilines is 1. The Morgan fingerprint density at radius 1 is 1.17 bits per heavy atom. The van der Waals surface area contributed by atoms with Gasteiger partial charge < -0.3 is 10.3 Å². The Morgan fingerprint density at radius 3 is 2.78 bits per heavy atom. The minimum Gasteiger partial charge on any atom is -0.399 e. The summed E-state index contributed by atoms with van der Waals surface area (Å²) in [5.74, 6) is 0.